The van der Waals surface area contributed by atoms with Crippen molar-refractivity contribution in [3.63, 3.8) is 0 Å². The number of pyridine rings is 1. The molecule has 2 aromatic rings. The Morgan fingerprint density at radius 1 is 1.18 bits per heavy atom. The predicted octanol–water partition coefficient (Wildman–Crippen LogP) is 3.74. The molecule has 1 saturated heterocycles. The Kier molecular flexibility index (Phi) is 9.20. The molecule has 11 heteroatoms. The molecular weight excluding hydrogens is 499 g/mol. The van der Waals surface area contributed by atoms with E-state index < -0.39 is 12.0 Å². The lowest BCUT2D eigenvalue weighted by atomic mass is 10.2. The molecule has 8 nitrogen and oxygen atoms in total. The summed E-state index contributed by atoms with van der Waals surface area (Å²) in [4.78, 5) is 42.7. The minimum atomic E-state index is -0.468. The average Bonchev–Trinajstić information content (AvgIpc) is 3.22. The number of likely N-dealkylation sites (tertiary alicyclic amines) is 1. The number of ether oxygens (including phenoxy) is 1. The van der Waals surface area contributed by atoms with E-state index in [0.717, 1.165) is 5.56 Å². The summed E-state index contributed by atoms with van der Waals surface area (Å²) in [5.74, 6) is -0.755. The first-order valence-electron chi connectivity index (χ1n) is 10.5. The maximum absolute atomic E-state index is 12.5. The van der Waals surface area contributed by atoms with Gasteiger partial charge in [0, 0.05) is 31.1 Å². The quantitative estimate of drug-likeness (QED) is 0.362. The number of carbonyl (C=O) groups is 3. The van der Waals surface area contributed by atoms with Crippen LogP contribution in [0.1, 0.15) is 32.8 Å². The Bertz CT molecular complexity index is 1070. The van der Waals surface area contributed by atoms with Gasteiger partial charge in [0.05, 0.1) is 21.7 Å². The van der Waals surface area contributed by atoms with Crippen LogP contribution in [0.5, 0.6) is 0 Å². The third kappa shape index (κ3) is 6.88. The van der Waals surface area contributed by atoms with E-state index >= 15 is 0 Å². The van der Waals surface area contributed by atoms with Gasteiger partial charge in [-0.25, -0.2) is 4.79 Å². The van der Waals surface area contributed by atoms with Crippen molar-refractivity contribution < 1.29 is 19.1 Å². The molecule has 0 spiro atoms. The topological polar surface area (TPSA) is 101 Å². The molecule has 1 aromatic heterocycles. The molecule has 0 bridgehead atoms. The second-order valence-corrected chi connectivity index (χ2v) is 9.18. The van der Waals surface area contributed by atoms with Gasteiger partial charge in [0.2, 0.25) is 0 Å². The van der Waals surface area contributed by atoms with Gasteiger partial charge in [-0.05, 0) is 36.2 Å². The third-order valence-electron chi connectivity index (χ3n) is 5.15. The summed E-state index contributed by atoms with van der Waals surface area (Å²) < 4.78 is 5.10. The Morgan fingerprint density at radius 3 is 2.65 bits per heavy atom. The molecule has 2 heterocycles. The second-order valence-electron chi connectivity index (χ2n) is 7.63. The van der Waals surface area contributed by atoms with Crippen molar-refractivity contribution >= 4 is 53.7 Å². The van der Waals surface area contributed by atoms with Crippen LogP contribution >= 0.6 is 35.8 Å². The zero-order valence-corrected chi connectivity index (χ0v) is 20.6. The first-order valence-corrected chi connectivity index (χ1v) is 11.7. The summed E-state index contributed by atoms with van der Waals surface area (Å²) in [6.07, 6.45) is 2.98. The number of hydrogen-bond donors (Lipinski definition) is 3. The van der Waals surface area contributed by atoms with Crippen LogP contribution in [0.25, 0.3) is 0 Å². The fourth-order valence-electron chi connectivity index (χ4n) is 3.42. The van der Waals surface area contributed by atoms with E-state index in [1.165, 1.54) is 24.4 Å². The highest BCUT2D eigenvalue weighted by molar-refractivity contribution is 7.81. The normalized spacial score (nSPS) is 17.2. The monoisotopic (exact) mass is 522 g/mol. The molecule has 180 valence electrons. The molecule has 1 aliphatic heterocycles. The van der Waals surface area contributed by atoms with Gasteiger partial charge in [-0.15, -0.1) is 0 Å². The molecule has 2 atom stereocenters. The van der Waals surface area contributed by atoms with Gasteiger partial charge in [-0.2, -0.15) is 12.6 Å². The van der Waals surface area contributed by atoms with Crippen LogP contribution in [0.4, 0.5) is 4.79 Å². The van der Waals surface area contributed by atoms with Crippen molar-refractivity contribution in [2.24, 2.45) is 0 Å². The highest BCUT2D eigenvalue weighted by Gasteiger charge is 2.34. The number of rotatable bonds is 8. The van der Waals surface area contributed by atoms with Crippen molar-refractivity contribution in [3.05, 3.63) is 76.0 Å². The number of thiol groups is 1. The fraction of sp³-hybridized carbons (Fsp3) is 0.304. The summed E-state index contributed by atoms with van der Waals surface area (Å²) >= 11 is 16.3. The zero-order valence-electron chi connectivity index (χ0n) is 18.2. The van der Waals surface area contributed by atoms with Crippen LogP contribution in [0.3, 0.4) is 0 Å². The Hall–Kier alpha value is -2.75. The molecule has 1 fully saturated rings. The Labute approximate surface area is 213 Å². The number of amides is 3. The van der Waals surface area contributed by atoms with Crippen molar-refractivity contribution in [2.45, 2.75) is 24.3 Å². The van der Waals surface area contributed by atoms with Crippen LogP contribution in [0, 0.1) is 0 Å². The van der Waals surface area contributed by atoms with Gasteiger partial charge in [-0.1, -0.05) is 41.9 Å². The van der Waals surface area contributed by atoms with Crippen molar-refractivity contribution in [3.8, 4) is 0 Å². The minimum Gasteiger partial charge on any atom is -0.445 e. The van der Waals surface area contributed by atoms with E-state index in [9.17, 15) is 14.4 Å². The smallest absolute Gasteiger partial charge is 0.410 e. The molecule has 3 rings (SSSR count). The maximum atomic E-state index is 12.5. The lowest BCUT2D eigenvalue weighted by Crippen LogP contribution is -2.43. The van der Waals surface area contributed by atoms with Crippen molar-refractivity contribution in [1.82, 2.24) is 20.5 Å². The van der Waals surface area contributed by atoms with Crippen LogP contribution in [0.2, 0.25) is 10.0 Å². The third-order valence-corrected chi connectivity index (χ3v) is 6.26. The predicted molar refractivity (Wildman–Crippen MR) is 134 cm³/mol. The van der Waals surface area contributed by atoms with Crippen molar-refractivity contribution in [2.75, 3.05) is 19.7 Å². The summed E-state index contributed by atoms with van der Waals surface area (Å²) in [6.45, 7) is 4.56. The lowest BCUT2D eigenvalue weighted by Gasteiger charge is -2.23. The Balaban J connectivity index is 1.52. The second kappa shape index (κ2) is 12.1. The molecule has 0 aliphatic carbocycles. The fourth-order valence-corrected chi connectivity index (χ4v) is 4.16. The van der Waals surface area contributed by atoms with E-state index in [2.05, 4.69) is 34.8 Å². The number of aromatic nitrogens is 1. The molecule has 3 amide bonds. The largest absolute Gasteiger partial charge is 0.445 e. The number of benzene rings is 1. The highest BCUT2D eigenvalue weighted by atomic mass is 35.5. The molecule has 1 aromatic carbocycles. The molecule has 2 N–H and O–H groups in total. The lowest BCUT2D eigenvalue weighted by molar-refractivity contribution is 0.0906. The first kappa shape index (κ1) is 25.9. The molecule has 34 heavy (non-hydrogen) atoms. The summed E-state index contributed by atoms with van der Waals surface area (Å²) in [6, 6.07) is 7.85. The van der Waals surface area contributed by atoms with E-state index in [-0.39, 0.29) is 42.6 Å². The van der Waals surface area contributed by atoms with Crippen LogP contribution in [-0.4, -0.2) is 58.8 Å². The standard InChI is InChI=1S/C23H24Cl2N4O4S/c1-2-7-33-23(32)29-13-17(34)9-16(29)12-28-22(31)20-6-4-15(11-26-20)21(30)27-10-14-3-5-18(24)19(25)8-14/h2-6,8,11,16-17,34H,1,7,9-10,12-13H2,(H,27,30)(H,28,31). The van der Waals surface area contributed by atoms with Gasteiger partial charge in [0.15, 0.2) is 0 Å². The zero-order chi connectivity index (χ0) is 24.7. The number of carbonyl (C=O) groups excluding carboxylic acids is 3. The minimum absolute atomic E-state index is 0.00185. The van der Waals surface area contributed by atoms with Gasteiger partial charge in [-0.3, -0.25) is 14.6 Å². The maximum Gasteiger partial charge on any atom is 0.410 e. The van der Waals surface area contributed by atoms with Crippen molar-refractivity contribution in [1.29, 1.82) is 0 Å². The van der Waals surface area contributed by atoms with E-state index in [1.807, 2.05) is 0 Å². The number of nitrogens with one attached hydrogen (secondary N) is 2. The molecule has 0 saturated carbocycles. The van der Waals surface area contributed by atoms with Gasteiger partial charge >= 0.3 is 6.09 Å². The number of hydrogen-bond acceptors (Lipinski definition) is 6. The number of halogens is 2. The summed E-state index contributed by atoms with van der Waals surface area (Å²) in [5.41, 5.74) is 1.26. The summed E-state index contributed by atoms with van der Waals surface area (Å²) in [5, 5.41) is 6.39. The van der Waals surface area contributed by atoms with Gasteiger partial charge in [0.1, 0.15) is 12.3 Å². The van der Waals surface area contributed by atoms with E-state index in [1.54, 1.807) is 23.1 Å². The molecular formula is C23H24Cl2N4O4S. The van der Waals surface area contributed by atoms with Crippen LogP contribution < -0.4 is 10.6 Å². The Morgan fingerprint density at radius 2 is 1.97 bits per heavy atom. The van der Waals surface area contributed by atoms with Crippen LogP contribution in [0.15, 0.2) is 49.2 Å². The van der Waals surface area contributed by atoms with Gasteiger partial charge < -0.3 is 20.3 Å². The van der Waals surface area contributed by atoms with Crippen LogP contribution in [-0.2, 0) is 11.3 Å². The van der Waals surface area contributed by atoms with E-state index in [0.29, 0.717) is 28.6 Å². The molecule has 2 unspecified atom stereocenters. The first-order chi connectivity index (χ1) is 16.3. The highest BCUT2D eigenvalue weighted by Crippen LogP contribution is 2.23. The molecule has 0 radical (unpaired) electrons. The summed E-state index contributed by atoms with van der Waals surface area (Å²) in [7, 11) is 0. The average molecular weight is 523 g/mol. The number of nitrogens with zero attached hydrogens (tertiary/aromatic N) is 2. The van der Waals surface area contributed by atoms with E-state index in [4.69, 9.17) is 27.9 Å². The molecule has 1 aliphatic rings. The SMILES string of the molecule is C=CCOC(=O)N1CC(S)CC1CNC(=O)c1ccc(C(=O)NCc2ccc(Cl)c(Cl)c2)cn1. The van der Waals surface area contributed by atoms with Gasteiger partial charge in [0.25, 0.3) is 11.8 Å².